The van der Waals surface area contributed by atoms with Gasteiger partial charge >= 0.3 is 5.97 Å². The van der Waals surface area contributed by atoms with Gasteiger partial charge < -0.3 is 9.47 Å². The molecule has 5 nitrogen and oxygen atoms in total. The maximum absolute atomic E-state index is 11.9. The molecule has 1 aliphatic heterocycles. The molecule has 22 heavy (non-hydrogen) atoms. The quantitative estimate of drug-likeness (QED) is 0.460. The van der Waals surface area contributed by atoms with Crippen LogP contribution in [0.25, 0.3) is 0 Å². The molecule has 0 amide bonds. The van der Waals surface area contributed by atoms with E-state index in [1.165, 1.54) is 19.3 Å². The number of esters is 1. The van der Waals surface area contributed by atoms with E-state index in [2.05, 4.69) is 11.9 Å². The molecule has 0 N–H and O–H groups in total. The molecule has 0 saturated heterocycles. The number of nitrogens with zero attached hydrogens (tertiary/aromatic N) is 2. The van der Waals surface area contributed by atoms with Crippen LogP contribution in [0.3, 0.4) is 0 Å². The summed E-state index contributed by atoms with van der Waals surface area (Å²) in [4.78, 5) is 16.1. The van der Waals surface area contributed by atoms with Gasteiger partial charge in [-0.25, -0.2) is 9.79 Å². The SMILES string of the molecule is CCCCCC1CN=C(C(=O)Oc2ccc(C#N)cc2)OC1. The fourth-order valence-corrected chi connectivity index (χ4v) is 2.24. The molecule has 1 aromatic rings. The van der Waals surface area contributed by atoms with Crippen molar-refractivity contribution >= 4 is 11.9 Å². The zero-order chi connectivity index (χ0) is 15.8. The van der Waals surface area contributed by atoms with Crippen LogP contribution < -0.4 is 4.74 Å². The van der Waals surface area contributed by atoms with Crippen LogP contribution in [-0.2, 0) is 9.53 Å². The lowest BCUT2D eigenvalue weighted by atomic mass is 10.0. The molecule has 116 valence electrons. The summed E-state index contributed by atoms with van der Waals surface area (Å²) in [5.74, 6) is 0.214. The Kier molecular flexibility index (Phi) is 5.96. The maximum atomic E-state index is 11.9. The van der Waals surface area contributed by atoms with E-state index in [1.807, 2.05) is 6.07 Å². The molecule has 1 aliphatic rings. The molecule has 0 saturated carbocycles. The third-order valence-corrected chi connectivity index (χ3v) is 3.53. The van der Waals surface area contributed by atoms with Crippen LogP contribution in [0.2, 0.25) is 0 Å². The smallest absolute Gasteiger partial charge is 0.399 e. The molecule has 0 aromatic heterocycles. The highest BCUT2D eigenvalue weighted by molar-refractivity contribution is 6.33. The predicted octanol–water partition coefficient (Wildman–Crippen LogP) is 3.09. The summed E-state index contributed by atoms with van der Waals surface area (Å²) in [6.45, 7) is 3.30. The number of rotatable bonds is 6. The van der Waals surface area contributed by atoms with Crippen molar-refractivity contribution in [3.05, 3.63) is 29.8 Å². The molecule has 5 heteroatoms. The largest absolute Gasteiger partial charge is 0.472 e. The Bertz CT molecular complexity index is 573. The first-order valence-corrected chi connectivity index (χ1v) is 7.62. The van der Waals surface area contributed by atoms with Crippen molar-refractivity contribution in [2.45, 2.75) is 32.6 Å². The Hall–Kier alpha value is -2.35. The highest BCUT2D eigenvalue weighted by Crippen LogP contribution is 2.16. The number of benzene rings is 1. The van der Waals surface area contributed by atoms with Crippen LogP contribution in [-0.4, -0.2) is 25.0 Å². The minimum absolute atomic E-state index is 0.0381. The van der Waals surface area contributed by atoms with Gasteiger partial charge in [-0.1, -0.05) is 26.2 Å². The molecule has 0 spiro atoms. The van der Waals surface area contributed by atoms with Crippen molar-refractivity contribution in [2.75, 3.05) is 13.2 Å². The zero-order valence-electron chi connectivity index (χ0n) is 12.7. The maximum Gasteiger partial charge on any atom is 0.399 e. The molecular formula is C17H20N2O3. The van der Waals surface area contributed by atoms with Crippen LogP contribution in [0.4, 0.5) is 0 Å². The van der Waals surface area contributed by atoms with Crippen LogP contribution in [0.15, 0.2) is 29.3 Å². The summed E-state index contributed by atoms with van der Waals surface area (Å²) in [6, 6.07) is 8.35. The Morgan fingerprint density at radius 2 is 2.18 bits per heavy atom. The Morgan fingerprint density at radius 3 is 2.77 bits per heavy atom. The predicted molar refractivity (Wildman–Crippen MR) is 82.7 cm³/mol. The van der Waals surface area contributed by atoms with Gasteiger partial charge in [-0.05, 0) is 30.7 Å². The standard InChI is InChI=1S/C17H20N2O3/c1-2-3-4-5-14-11-19-16(21-12-14)17(20)22-15-8-6-13(10-18)7-9-15/h6-9,14H,2-5,11-12H2,1H3. The second-order valence-electron chi connectivity index (χ2n) is 5.34. The number of carbonyl (C=O) groups excluding carboxylic acids is 1. The van der Waals surface area contributed by atoms with E-state index in [0.29, 0.717) is 30.4 Å². The van der Waals surface area contributed by atoms with Crippen LogP contribution in [0, 0.1) is 17.2 Å². The topological polar surface area (TPSA) is 71.7 Å². The molecule has 2 rings (SSSR count). The number of nitriles is 1. The van der Waals surface area contributed by atoms with Crippen molar-refractivity contribution in [1.82, 2.24) is 0 Å². The monoisotopic (exact) mass is 300 g/mol. The molecule has 0 fully saturated rings. The van der Waals surface area contributed by atoms with Gasteiger partial charge in [-0.2, -0.15) is 5.26 Å². The van der Waals surface area contributed by atoms with E-state index < -0.39 is 5.97 Å². The Balaban J connectivity index is 1.84. The van der Waals surface area contributed by atoms with Crippen LogP contribution in [0.5, 0.6) is 5.75 Å². The fourth-order valence-electron chi connectivity index (χ4n) is 2.24. The normalized spacial score (nSPS) is 17.1. The first-order valence-electron chi connectivity index (χ1n) is 7.62. The van der Waals surface area contributed by atoms with E-state index in [4.69, 9.17) is 14.7 Å². The summed E-state index contributed by atoms with van der Waals surface area (Å²) in [5, 5.41) is 8.72. The van der Waals surface area contributed by atoms with E-state index in [-0.39, 0.29) is 5.90 Å². The summed E-state index contributed by atoms with van der Waals surface area (Å²) in [5.41, 5.74) is 0.515. The summed E-state index contributed by atoms with van der Waals surface area (Å²) in [6.07, 6.45) is 4.66. The Morgan fingerprint density at radius 1 is 1.41 bits per heavy atom. The van der Waals surface area contributed by atoms with Gasteiger partial charge in [-0.3, -0.25) is 0 Å². The lowest BCUT2D eigenvalue weighted by Gasteiger charge is -2.21. The molecule has 1 atom stereocenters. The van der Waals surface area contributed by atoms with Gasteiger partial charge in [0.25, 0.3) is 5.90 Å². The number of ether oxygens (including phenoxy) is 2. The van der Waals surface area contributed by atoms with Gasteiger partial charge in [0.05, 0.1) is 18.2 Å². The third-order valence-electron chi connectivity index (χ3n) is 3.53. The number of hydrogen-bond donors (Lipinski definition) is 0. The Labute approximate surface area is 130 Å². The molecule has 0 radical (unpaired) electrons. The van der Waals surface area contributed by atoms with Crippen molar-refractivity contribution in [3.63, 3.8) is 0 Å². The van der Waals surface area contributed by atoms with Crippen LogP contribution in [0.1, 0.15) is 38.2 Å². The molecule has 1 heterocycles. The number of unbranched alkanes of at least 4 members (excludes halogenated alkanes) is 2. The third kappa shape index (κ3) is 4.59. The van der Waals surface area contributed by atoms with Crippen molar-refractivity contribution in [1.29, 1.82) is 5.26 Å². The minimum atomic E-state index is -0.586. The van der Waals surface area contributed by atoms with Gasteiger partial charge in [0.15, 0.2) is 0 Å². The average molecular weight is 300 g/mol. The lowest BCUT2D eigenvalue weighted by molar-refractivity contribution is -0.128. The van der Waals surface area contributed by atoms with E-state index in [0.717, 1.165) is 6.42 Å². The highest BCUT2D eigenvalue weighted by Gasteiger charge is 2.23. The first kappa shape index (κ1) is 16.0. The number of aliphatic imine (C=N–C) groups is 1. The van der Waals surface area contributed by atoms with E-state index in [1.54, 1.807) is 24.3 Å². The molecule has 0 aliphatic carbocycles. The molecule has 1 aromatic carbocycles. The summed E-state index contributed by atoms with van der Waals surface area (Å²) < 4.78 is 10.6. The first-order chi connectivity index (χ1) is 10.7. The van der Waals surface area contributed by atoms with Crippen LogP contribution >= 0.6 is 0 Å². The second kappa shape index (κ2) is 8.18. The number of carbonyl (C=O) groups is 1. The summed E-state index contributed by atoms with van der Waals surface area (Å²) >= 11 is 0. The minimum Gasteiger partial charge on any atom is -0.472 e. The highest BCUT2D eigenvalue weighted by atomic mass is 16.6. The van der Waals surface area contributed by atoms with Gasteiger partial charge in [0.2, 0.25) is 0 Å². The zero-order valence-corrected chi connectivity index (χ0v) is 12.7. The molecule has 1 unspecified atom stereocenters. The van der Waals surface area contributed by atoms with Crippen molar-refractivity contribution < 1.29 is 14.3 Å². The van der Waals surface area contributed by atoms with E-state index >= 15 is 0 Å². The number of hydrogen-bond acceptors (Lipinski definition) is 5. The van der Waals surface area contributed by atoms with E-state index in [9.17, 15) is 4.79 Å². The van der Waals surface area contributed by atoms with Crippen molar-refractivity contribution in [2.24, 2.45) is 10.9 Å². The second-order valence-corrected chi connectivity index (χ2v) is 5.34. The van der Waals surface area contributed by atoms with Gasteiger partial charge in [-0.15, -0.1) is 0 Å². The molecular weight excluding hydrogens is 280 g/mol. The van der Waals surface area contributed by atoms with Crippen molar-refractivity contribution in [3.8, 4) is 11.8 Å². The summed E-state index contributed by atoms with van der Waals surface area (Å²) in [7, 11) is 0. The molecule has 0 bridgehead atoms. The fraction of sp³-hybridized carbons (Fsp3) is 0.471. The van der Waals surface area contributed by atoms with Gasteiger partial charge in [0, 0.05) is 12.5 Å². The lowest BCUT2D eigenvalue weighted by Crippen LogP contribution is -2.31. The van der Waals surface area contributed by atoms with Gasteiger partial charge in [0.1, 0.15) is 5.75 Å². The average Bonchev–Trinajstić information content (AvgIpc) is 2.56.